The van der Waals surface area contributed by atoms with E-state index in [4.69, 9.17) is 5.73 Å². The molecule has 0 saturated carbocycles. The summed E-state index contributed by atoms with van der Waals surface area (Å²) in [6, 6.07) is 4.72. The molecule has 0 radical (unpaired) electrons. The number of benzene rings is 1. The van der Waals surface area contributed by atoms with Gasteiger partial charge in [-0.25, -0.2) is 4.39 Å². The third-order valence-electron chi connectivity index (χ3n) is 4.04. The Bertz CT molecular complexity index is 475. The number of hydrogen-bond acceptors (Lipinski definition) is 2. The molecule has 0 bridgehead atoms. The number of amides is 1. The van der Waals surface area contributed by atoms with Gasteiger partial charge in [-0.15, -0.1) is 0 Å². The molecule has 2 N–H and O–H groups in total. The Morgan fingerprint density at radius 1 is 1.53 bits per heavy atom. The minimum absolute atomic E-state index is 0.0608. The van der Waals surface area contributed by atoms with Gasteiger partial charge in [0.2, 0.25) is 0 Å². The number of carbonyl (C=O) groups is 1. The van der Waals surface area contributed by atoms with Crippen molar-refractivity contribution >= 4 is 5.91 Å². The normalized spacial score (nSPS) is 23.5. The highest BCUT2D eigenvalue weighted by Crippen LogP contribution is 2.24. The van der Waals surface area contributed by atoms with Gasteiger partial charge in [0.25, 0.3) is 5.91 Å². The van der Waals surface area contributed by atoms with Gasteiger partial charge in [0.05, 0.1) is 0 Å². The first-order chi connectivity index (χ1) is 9.04. The zero-order valence-corrected chi connectivity index (χ0v) is 11.5. The first-order valence-electron chi connectivity index (χ1n) is 6.81. The molecule has 4 heteroatoms. The molecule has 1 amide bonds. The van der Waals surface area contributed by atoms with E-state index < -0.39 is 0 Å². The largest absolute Gasteiger partial charge is 0.334 e. The van der Waals surface area contributed by atoms with Crippen LogP contribution in [0, 0.1) is 18.7 Å². The number of likely N-dealkylation sites (tertiary alicyclic amines) is 1. The van der Waals surface area contributed by atoms with E-state index in [2.05, 4.69) is 6.92 Å². The maximum Gasteiger partial charge on any atom is 0.254 e. The second-order valence-corrected chi connectivity index (χ2v) is 5.39. The molecule has 1 heterocycles. The van der Waals surface area contributed by atoms with E-state index in [-0.39, 0.29) is 17.8 Å². The van der Waals surface area contributed by atoms with Gasteiger partial charge in [0.1, 0.15) is 5.82 Å². The van der Waals surface area contributed by atoms with Crippen LogP contribution >= 0.6 is 0 Å². The third-order valence-corrected chi connectivity index (χ3v) is 4.04. The van der Waals surface area contributed by atoms with Crippen LogP contribution in [0.1, 0.15) is 35.7 Å². The minimum atomic E-state index is -0.333. The summed E-state index contributed by atoms with van der Waals surface area (Å²) < 4.78 is 13.6. The van der Waals surface area contributed by atoms with E-state index in [1.54, 1.807) is 24.0 Å². The molecule has 0 unspecified atom stereocenters. The van der Waals surface area contributed by atoms with Crippen molar-refractivity contribution < 1.29 is 9.18 Å². The van der Waals surface area contributed by atoms with Crippen LogP contribution in [0.5, 0.6) is 0 Å². The Morgan fingerprint density at radius 2 is 2.26 bits per heavy atom. The molecule has 19 heavy (non-hydrogen) atoms. The Hall–Kier alpha value is -1.42. The molecule has 1 aliphatic rings. The van der Waals surface area contributed by atoms with Gasteiger partial charge in [-0.05, 0) is 43.4 Å². The lowest BCUT2D eigenvalue weighted by molar-refractivity contribution is 0.0532. The van der Waals surface area contributed by atoms with Gasteiger partial charge < -0.3 is 10.6 Å². The summed E-state index contributed by atoms with van der Waals surface area (Å²) in [5, 5.41) is 0. The third kappa shape index (κ3) is 2.78. The van der Waals surface area contributed by atoms with Crippen molar-refractivity contribution in [1.29, 1.82) is 0 Å². The zero-order valence-electron chi connectivity index (χ0n) is 11.5. The van der Waals surface area contributed by atoms with Crippen LogP contribution in [-0.2, 0) is 0 Å². The van der Waals surface area contributed by atoms with Crippen LogP contribution in [0.3, 0.4) is 0 Å². The van der Waals surface area contributed by atoms with Crippen molar-refractivity contribution in [3.05, 3.63) is 35.1 Å². The van der Waals surface area contributed by atoms with Crippen LogP contribution in [0.15, 0.2) is 18.2 Å². The standard InChI is InChI=1S/C15H21FN2O/c1-10-5-6-12(8-13(10)16)15(19)18-7-3-4-11(2)14(18)9-17/h5-6,8,11,14H,3-4,7,9,17H2,1-2H3/t11-,14-/m0/s1. The molecular weight excluding hydrogens is 243 g/mol. The Kier molecular flexibility index (Phi) is 4.20. The number of aryl methyl sites for hydroxylation is 1. The molecule has 0 aliphatic carbocycles. The van der Waals surface area contributed by atoms with E-state index in [9.17, 15) is 9.18 Å². The monoisotopic (exact) mass is 264 g/mol. The van der Waals surface area contributed by atoms with Crippen molar-refractivity contribution in [2.75, 3.05) is 13.1 Å². The Labute approximate surface area is 113 Å². The summed E-state index contributed by atoms with van der Waals surface area (Å²) >= 11 is 0. The van der Waals surface area contributed by atoms with Crippen LogP contribution in [-0.4, -0.2) is 29.9 Å². The second-order valence-electron chi connectivity index (χ2n) is 5.39. The molecule has 0 spiro atoms. The molecule has 2 atom stereocenters. The first kappa shape index (κ1) is 14.0. The fraction of sp³-hybridized carbons (Fsp3) is 0.533. The highest BCUT2D eigenvalue weighted by molar-refractivity contribution is 5.94. The summed E-state index contributed by atoms with van der Waals surface area (Å²) in [5.41, 5.74) is 6.75. The van der Waals surface area contributed by atoms with Crippen LogP contribution in [0.4, 0.5) is 4.39 Å². The van der Waals surface area contributed by atoms with Gasteiger partial charge in [0, 0.05) is 24.7 Å². The second kappa shape index (κ2) is 5.70. The molecule has 1 aliphatic heterocycles. The van der Waals surface area contributed by atoms with E-state index in [1.165, 1.54) is 6.07 Å². The SMILES string of the molecule is Cc1ccc(C(=O)N2CCC[C@H](C)[C@@H]2CN)cc1F. The summed E-state index contributed by atoms with van der Waals surface area (Å²) in [5.74, 6) is -0.0425. The van der Waals surface area contributed by atoms with Crippen molar-refractivity contribution in [3.8, 4) is 0 Å². The van der Waals surface area contributed by atoms with Crippen molar-refractivity contribution in [3.63, 3.8) is 0 Å². The number of halogens is 1. The lowest BCUT2D eigenvalue weighted by atomic mass is 9.90. The maximum atomic E-state index is 13.6. The molecule has 1 aromatic rings. The molecule has 1 fully saturated rings. The topological polar surface area (TPSA) is 46.3 Å². The average Bonchev–Trinajstić information content (AvgIpc) is 2.40. The van der Waals surface area contributed by atoms with Crippen molar-refractivity contribution in [2.24, 2.45) is 11.7 Å². The predicted octanol–water partition coefficient (Wildman–Crippen LogP) is 2.33. The van der Waals surface area contributed by atoms with Crippen LogP contribution in [0.25, 0.3) is 0 Å². The summed E-state index contributed by atoms with van der Waals surface area (Å²) in [6.45, 7) is 4.98. The van der Waals surface area contributed by atoms with E-state index in [0.29, 0.717) is 30.1 Å². The first-order valence-corrected chi connectivity index (χ1v) is 6.81. The molecule has 1 aromatic carbocycles. The summed E-state index contributed by atoms with van der Waals surface area (Å²) in [6.07, 6.45) is 2.08. The quantitative estimate of drug-likeness (QED) is 0.891. The zero-order chi connectivity index (χ0) is 14.0. The summed E-state index contributed by atoms with van der Waals surface area (Å²) in [4.78, 5) is 14.3. The molecular formula is C15H21FN2O. The number of nitrogens with two attached hydrogens (primary N) is 1. The average molecular weight is 264 g/mol. The van der Waals surface area contributed by atoms with Crippen LogP contribution < -0.4 is 5.73 Å². The maximum absolute atomic E-state index is 13.6. The van der Waals surface area contributed by atoms with E-state index >= 15 is 0 Å². The number of piperidine rings is 1. The minimum Gasteiger partial charge on any atom is -0.334 e. The number of rotatable bonds is 2. The lowest BCUT2D eigenvalue weighted by Crippen LogP contribution is -2.51. The summed E-state index contributed by atoms with van der Waals surface area (Å²) in [7, 11) is 0. The lowest BCUT2D eigenvalue weighted by Gasteiger charge is -2.39. The van der Waals surface area contributed by atoms with Crippen LogP contribution in [0.2, 0.25) is 0 Å². The number of nitrogens with zero attached hydrogens (tertiary/aromatic N) is 1. The smallest absolute Gasteiger partial charge is 0.254 e. The van der Waals surface area contributed by atoms with Gasteiger partial charge in [-0.1, -0.05) is 13.0 Å². The predicted molar refractivity (Wildman–Crippen MR) is 73.4 cm³/mol. The molecule has 104 valence electrons. The molecule has 0 aromatic heterocycles. The van der Waals surface area contributed by atoms with E-state index in [1.807, 2.05) is 0 Å². The Morgan fingerprint density at radius 3 is 2.89 bits per heavy atom. The number of carbonyl (C=O) groups excluding carboxylic acids is 1. The fourth-order valence-electron chi connectivity index (χ4n) is 2.75. The van der Waals surface area contributed by atoms with Gasteiger partial charge in [-0.3, -0.25) is 4.79 Å². The Balaban J connectivity index is 2.24. The van der Waals surface area contributed by atoms with E-state index in [0.717, 1.165) is 12.8 Å². The molecule has 1 saturated heterocycles. The van der Waals surface area contributed by atoms with Crippen molar-refractivity contribution in [1.82, 2.24) is 4.90 Å². The van der Waals surface area contributed by atoms with Gasteiger partial charge in [0.15, 0.2) is 0 Å². The van der Waals surface area contributed by atoms with Crippen molar-refractivity contribution in [2.45, 2.75) is 32.7 Å². The highest BCUT2D eigenvalue weighted by Gasteiger charge is 2.31. The number of hydrogen-bond donors (Lipinski definition) is 1. The van der Waals surface area contributed by atoms with Gasteiger partial charge >= 0.3 is 0 Å². The fourth-order valence-corrected chi connectivity index (χ4v) is 2.75. The highest BCUT2D eigenvalue weighted by atomic mass is 19.1. The molecule has 2 rings (SSSR count). The van der Waals surface area contributed by atoms with Gasteiger partial charge in [-0.2, -0.15) is 0 Å². The molecule has 3 nitrogen and oxygen atoms in total.